The van der Waals surface area contributed by atoms with Crippen molar-refractivity contribution in [3.05, 3.63) is 21.9 Å². The number of hydrogen-bond acceptors (Lipinski definition) is 3. The number of carbonyl (C=O) groups is 1. The Bertz CT molecular complexity index is 537. The molecule has 1 aliphatic carbocycles. The molecule has 114 valence electrons. The van der Waals surface area contributed by atoms with E-state index in [2.05, 4.69) is 28.9 Å². The quantitative estimate of drug-likeness (QED) is 0.853. The Morgan fingerprint density at radius 1 is 1.19 bits per heavy atom. The Balaban J connectivity index is 1.46. The fourth-order valence-electron chi connectivity index (χ4n) is 4.02. The summed E-state index contributed by atoms with van der Waals surface area (Å²) in [6.07, 6.45) is 5.66. The monoisotopic (exact) mass is 304 g/mol. The van der Waals surface area contributed by atoms with Crippen molar-refractivity contribution in [3.63, 3.8) is 0 Å². The van der Waals surface area contributed by atoms with E-state index in [1.54, 1.807) is 0 Å². The van der Waals surface area contributed by atoms with Crippen LogP contribution in [0.25, 0.3) is 0 Å². The second kappa shape index (κ2) is 5.40. The second-order valence-electron chi connectivity index (χ2n) is 6.93. The molecule has 3 fully saturated rings. The minimum absolute atomic E-state index is 0.414. The Morgan fingerprint density at radius 3 is 2.76 bits per heavy atom. The molecule has 21 heavy (non-hydrogen) atoms. The predicted molar refractivity (Wildman–Crippen MR) is 85.3 cm³/mol. The number of amides is 1. The Labute approximate surface area is 130 Å². The summed E-state index contributed by atoms with van der Waals surface area (Å²) in [7, 11) is 0. The summed E-state index contributed by atoms with van der Waals surface area (Å²) in [6.45, 7) is 5.44. The summed E-state index contributed by atoms with van der Waals surface area (Å²) in [5.41, 5.74) is 0. The van der Waals surface area contributed by atoms with Crippen LogP contribution in [-0.4, -0.2) is 40.9 Å². The van der Waals surface area contributed by atoms with Crippen LogP contribution in [0.1, 0.15) is 41.9 Å². The van der Waals surface area contributed by atoms with Gasteiger partial charge in [0.2, 0.25) is 5.91 Å². The minimum atomic E-state index is 0.414. The maximum absolute atomic E-state index is 12.3. The molecule has 2 atom stereocenters. The van der Waals surface area contributed by atoms with E-state index in [4.69, 9.17) is 0 Å². The lowest BCUT2D eigenvalue weighted by molar-refractivity contribution is -0.138. The van der Waals surface area contributed by atoms with Crippen molar-refractivity contribution in [2.75, 3.05) is 13.1 Å². The molecular formula is C17H24N2OS. The van der Waals surface area contributed by atoms with Crippen molar-refractivity contribution >= 4 is 17.2 Å². The van der Waals surface area contributed by atoms with Crippen molar-refractivity contribution in [1.29, 1.82) is 0 Å². The van der Waals surface area contributed by atoms with E-state index in [-0.39, 0.29) is 0 Å². The largest absolute Gasteiger partial charge is 0.338 e. The lowest BCUT2D eigenvalue weighted by Crippen LogP contribution is -2.52. The Morgan fingerprint density at radius 2 is 2.05 bits per heavy atom. The summed E-state index contributed by atoms with van der Waals surface area (Å²) < 4.78 is 0. The van der Waals surface area contributed by atoms with Crippen molar-refractivity contribution in [2.24, 2.45) is 5.92 Å². The minimum Gasteiger partial charge on any atom is -0.338 e. The van der Waals surface area contributed by atoms with Gasteiger partial charge in [0.25, 0.3) is 0 Å². The van der Waals surface area contributed by atoms with Crippen LogP contribution in [0.3, 0.4) is 0 Å². The van der Waals surface area contributed by atoms with Crippen LogP contribution in [-0.2, 0) is 11.3 Å². The Kier molecular flexibility index (Phi) is 3.54. The molecule has 3 aliphatic rings. The zero-order chi connectivity index (χ0) is 14.4. The van der Waals surface area contributed by atoms with Gasteiger partial charge in [0.1, 0.15) is 0 Å². The summed E-state index contributed by atoms with van der Waals surface area (Å²) in [5.74, 6) is 1.22. The average Bonchev–Trinajstić information content (AvgIpc) is 3.06. The van der Waals surface area contributed by atoms with Crippen molar-refractivity contribution in [2.45, 2.75) is 57.7 Å². The van der Waals surface area contributed by atoms with Crippen LogP contribution >= 0.6 is 11.3 Å². The first kappa shape index (κ1) is 13.8. The molecule has 3 heterocycles. The second-order valence-corrected chi connectivity index (χ2v) is 8.31. The standard InChI is InChI=1S/C17H24N2OS/c1-12-2-5-14(21-12)11-18-9-8-16-15(18)6-7-17(20)19(16)10-13-3-4-13/h2,5,13,15-16H,3-4,6-11H2,1H3/t15-,16-/m1/s1. The third-order valence-electron chi connectivity index (χ3n) is 5.31. The molecule has 2 aliphatic heterocycles. The number of carbonyl (C=O) groups excluding carboxylic acids is 1. The molecule has 1 aromatic heterocycles. The van der Waals surface area contributed by atoms with Gasteiger partial charge in [-0.15, -0.1) is 11.3 Å². The first-order chi connectivity index (χ1) is 10.2. The van der Waals surface area contributed by atoms with E-state index < -0.39 is 0 Å². The van der Waals surface area contributed by atoms with Gasteiger partial charge in [-0.3, -0.25) is 9.69 Å². The molecule has 1 aromatic rings. The number of aryl methyl sites for hydroxylation is 1. The molecule has 3 nitrogen and oxygen atoms in total. The average molecular weight is 304 g/mol. The lowest BCUT2D eigenvalue weighted by Gasteiger charge is -2.40. The maximum atomic E-state index is 12.3. The number of piperidine rings is 1. The predicted octanol–water partition coefficient (Wildman–Crippen LogP) is 3.03. The number of fused-ring (bicyclic) bond motifs is 1. The van der Waals surface area contributed by atoms with E-state index in [0.717, 1.165) is 38.4 Å². The van der Waals surface area contributed by atoms with Gasteiger partial charge in [-0.1, -0.05) is 0 Å². The van der Waals surface area contributed by atoms with Crippen LogP contribution in [0.4, 0.5) is 0 Å². The molecular weight excluding hydrogens is 280 g/mol. The van der Waals surface area contributed by atoms with Crippen LogP contribution in [0, 0.1) is 12.8 Å². The lowest BCUT2D eigenvalue weighted by atomic mass is 9.96. The normalized spacial score (nSPS) is 30.0. The molecule has 0 bridgehead atoms. The van der Waals surface area contributed by atoms with Gasteiger partial charge in [-0.25, -0.2) is 0 Å². The number of rotatable bonds is 4. The van der Waals surface area contributed by atoms with Gasteiger partial charge in [-0.05, 0) is 50.7 Å². The molecule has 0 unspecified atom stereocenters. The van der Waals surface area contributed by atoms with Gasteiger partial charge in [-0.2, -0.15) is 0 Å². The molecule has 4 rings (SSSR count). The van der Waals surface area contributed by atoms with Crippen molar-refractivity contribution < 1.29 is 4.79 Å². The summed E-state index contributed by atoms with van der Waals surface area (Å²) in [5, 5.41) is 0. The summed E-state index contributed by atoms with van der Waals surface area (Å²) in [6, 6.07) is 5.58. The van der Waals surface area contributed by atoms with Crippen LogP contribution in [0.5, 0.6) is 0 Å². The molecule has 0 radical (unpaired) electrons. The van der Waals surface area contributed by atoms with Crippen LogP contribution in [0.2, 0.25) is 0 Å². The van der Waals surface area contributed by atoms with Gasteiger partial charge < -0.3 is 4.90 Å². The molecule has 0 aromatic carbocycles. The first-order valence-electron chi connectivity index (χ1n) is 8.29. The maximum Gasteiger partial charge on any atom is 0.222 e. The van der Waals surface area contributed by atoms with E-state index in [9.17, 15) is 4.79 Å². The topological polar surface area (TPSA) is 23.6 Å². The van der Waals surface area contributed by atoms with E-state index in [1.807, 2.05) is 11.3 Å². The van der Waals surface area contributed by atoms with Gasteiger partial charge >= 0.3 is 0 Å². The fraction of sp³-hybridized carbons (Fsp3) is 0.706. The molecule has 1 amide bonds. The SMILES string of the molecule is Cc1ccc(CN2CC[C@@H]3[C@H]2CCC(=O)N3CC2CC2)s1. The van der Waals surface area contributed by atoms with E-state index in [0.29, 0.717) is 18.0 Å². The highest BCUT2D eigenvalue weighted by molar-refractivity contribution is 7.11. The van der Waals surface area contributed by atoms with Gasteiger partial charge in [0.05, 0.1) is 0 Å². The van der Waals surface area contributed by atoms with Gasteiger partial charge in [0, 0.05) is 47.9 Å². The number of thiophene rings is 1. The first-order valence-corrected chi connectivity index (χ1v) is 9.11. The fourth-order valence-corrected chi connectivity index (χ4v) is 4.94. The zero-order valence-corrected chi connectivity index (χ0v) is 13.6. The number of likely N-dealkylation sites (tertiary alicyclic amines) is 2. The smallest absolute Gasteiger partial charge is 0.222 e. The van der Waals surface area contributed by atoms with Crippen LogP contribution < -0.4 is 0 Å². The molecule has 4 heteroatoms. The molecule has 2 saturated heterocycles. The highest BCUT2D eigenvalue weighted by Crippen LogP contribution is 2.37. The third kappa shape index (κ3) is 2.76. The van der Waals surface area contributed by atoms with Crippen LogP contribution in [0.15, 0.2) is 12.1 Å². The van der Waals surface area contributed by atoms with E-state index in [1.165, 1.54) is 29.0 Å². The number of nitrogens with zero attached hydrogens (tertiary/aromatic N) is 2. The summed E-state index contributed by atoms with van der Waals surface area (Å²) >= 11 is 1.91. The van der Waals surface area contributed by atoms with E-state index >= 15 is 0 Å². The molecule has 0 spiro atoms. The zero-order valence-electron chi connectivity index (χ0n) is 12.8. The Hall–Kier alpha value is -0.870. The highest BCUT2D eigenvalue weighted by atomic mass is 32.1. The third-order valence-corrected chi connectivity index (χ3v) is 6.29. The molecule has 1 saturated carbocycles. The van der Waals surface area contributed by atoms with Gasteiger partial charge in [0.15, 0.2) is 0 Å². The molecule has 0 N–H and O–H groups in total. The van der Waals surface area contributed by atoms with Crippen molar-refractivity contribution in [3.8, 4) is 0 Å². The number of hydrogen-bond donors (Lipinski definition) is 0. The van der Waals surface area contributed by atoms with Crippen molar-refractivity contribution in [1.82, 2.24) is 9.80 Å². The highest BCUT2D eigenvalue weighted by Gasteiger charge is 2.44. The summed E-state index contributed by atoms with van der Waals surface area (Å²) in [4.78, 5) is 20.0.